The second-order valence-electron chi connectivity index (χ2n) is 5.65. The molecule has 2 N–H and O–H groups in total. The Hall–Kier alpha value is -2.20. The molecular formula is C18H20ClN3O. The van der Waals surface area contributed by atoms with Gasteiger partial charge in [-0.3, -0.25) is 4.79 Å². The van der Waals surface area contributed by atoms with E-state index in [1.54, 1.807) is 12.1 Å². The minimum atomic E-state index is -0.101. The van der Waals surface area contributed by atoms with E-state index in [-0.39, 0.29) is 12.5 Å². The van der Waals surface area contributed by atoms with E-state index >= 15 is 0 Å². The quantitative estimate of drug-likeness (QED) is 0.871. The summed E-state index contributed by atoms with van der Waals surface area (Å²) in [6, 6.07) is 15.4. The highest BCUT2D eigenvalue weighted by atomic mass is 35.5. The molecule has 2 aromatic carbocycles. The van der Waals surface area contributed by atoms with E-state index in [0.29, 0.717) is 10.7 Å². The molecule has 3 rings (SSSR count). The largest absolute Gasteiger partial charge is 0.376 e. The number of nitrogens with one attached hydrogen (secondary N) is 2. The van der Waals surface area contributed by atoms with Crippen LogP contribution in [-0.4, -0.2) is 25.5 Å². The summed E-state index contributed by atoms with van der Waals surface area (Å²) in [5.41, 5.74) is 2.89. The molecule has 1 aliphatic rings. The molecule has 0 atom stereocenters. The van der Waals surface area contributed by atoms with E-state index < -0.39 is 0 Å². The molecule has 1 heterocycles. The van der Waals surface area contributed by atoms with Gasteiger partial charge in [0.1, 0.15) is 0 Å². The monoisotopic (exact) mass is 329 g/mol. The number of halogens is 1. The van der Waals surface area contributed by atoms with Crippen molar-refractivity contribution < 1.29 is 4.79 Å². The van der Waals surface area contributed by atoms with Gasteiger partial charge in [0.05, 0.1) is 6.54 Å². The SMILES string of the molecule is O=C(CNc1ccc(N2CCCC2)cc1)Nc1cccc(Cl)c1. The summed E-state index contributed by atoms with van der Waals surface area (Å²) in [7, 11) is 0. The number of hydrogen-bond donors (Lipinski definition) is 2. The van der Waals surface area contributed by atoms with Crippen LogP contribution in [0.15, 0.2) is 48.5 Å². The standard InChI is InChI=1S/C18H20ClN3O/c19-14-4-3-5-16(12-14)21-18(23)13-20-15-6-8-17(9-7-15)22-10-1-2-11-22/h3-9,12,20H,1-2,10-11,13H2,(H,21,23). The molecule has 1 amide bonds. The molecule has 23 heavy (non-hydrogen) atoms. The van der Waals surface area contributed by atoms with E-state index in [9.17, 15) is 4.79 Å². The Morgan fingerprint density at radius 3 is 2.48 bits per heavy atom. The molecule has 1 aliphatic heterocycles. The van der Waals surface area contributed by atoms with Crippen molar-refractivity contribution in [2.45, 2.75) is 12.8 Å². The van der Waals surface area contributed by atoms with Crippen LogP contribution in [0.1, 0.15) is 12.8 Å². The second kappa shape index (κ2) is 7.38. The lowest BCUT2D eigenvalue weighted by Crippen LogP contribution is -2.21. The normalized spacial score (nSPS) is 13.9. The van der Waals surface area contributed by atoms with Crippen LogP contribution in [0.5, 0.6) is 0 Å². The fraction of sp³-hybridized carbons (Fsp3) is 0.278. The number of rotatable bonds is 5. The van der Waals surface area contributed by atoms with Gasteiger partial charge in [0.15, 0.2) is 0 Å². The van der Waals surface area contributed by atoms with E-state index in [2.05, 4.69) is 27.7 Å². The van der Waals surface area contributed by atoms with Gasteiger partial charge in [-0.25, -0.2) is 0 Å². The molecule has 1 saturated heterocycles. The first-order chi connectivity index (χ1) is 11.2. The zero-order chi connectivity index (χ0) is 16.1. The average Bonchev–Trinajstić information content (AvgIpc) is 3.08. The maximum Gasteiger partial charge on any atom is 0.243 e. The third-order valence-corrected chi connectivity index (χ3v) is 4.14. The Kier molecular flexibility index (Phi) is 5.03. The fourth-order valence-electron chi connectivity index (χ4n) is 2.72. The van der Waals surface area contributed by atoms with Crippen LogP contribution in [-0.2, 0) is 4.79 Å². The Balaban J connectivity index is 1.50. The zero-order valence-electron chi connectivity index (χ0n) is 12.9. The molecule has 1 fully saturated rings. The second-order valence-corrected chi connectivity index (χ2v) is 6.09. The minimum absolute atomic E-state index is 0.101. The molecule has 0 radical (unpaired) electrons. The maximum absolute atomic E-state index is 11.9. The van der Waals surface area contributed by atoms with Crippen LogP contribution in [0.25, 0.3) is 0 Å². The van der Waals surface area contributed by atoms with Crippen molar-refractivity contribution in [1.82, 2.24) is 0 Å². The third kappa shape index (κ3) is 4.39. The minimum Gasteiger partial charge on any atom is -0.376 e. The number of amides is 1. The van der Waals surface area contributed by atoms with Gasteiger partial charge in [0.2, 0.25) is 5.91 Å². The smallest absolute Gasteiger partial charge is 0.243 e. The van der Waals surface area contributed by atoms with Crippen molar-refractivity contribution in [3.8, 4) is 0 Å². The molecule has 4 nitrogen and oxygen atoms in total. The Bertz CT molecular complexity index is 666. The first kappa shape index (κ1) is 15.7. The lowest BCUT2D eigenvalue weighted by Gasteiger charge is -2.18. The third-order valence-electron chi connectivity index (χ3n) is 3.90. The number of hydrogen-bond acceptors (Lipinski definition) is 3. The highest BCUT2D eigenvalue weighted by Gasteiger charge is 2.11. The molecule has 0 unspecified atom stereocenters. The summed E-state index contributed by atoms with van der Waals surface area (Å²) in [6.07, 6.45) is 2.54. The summed E-state index contributed by atoms with van der Waals surface area (Å²) < 4.78 is 0. The number of benzene rings is 2. The fourth-order valence-corrected chi connectivity index (χ4v) is 2.91. The van der Waals surface area contributed by atoms with Crippen molar-refractivity contribution in [3.63, 3.8) is 0 Å². The Morgan fingerprint density at radius 2 is 1.78 bits per heavy atom. The van der Waals surface area contributed by atoms with Crippen molar-refractivity contribution in [2.75, 3.05) is 35.2 Å². The van der Waals surface area contributed by atoms with Gasteiger partial charge in [-0.2, -0.15) is 0 Å². The molecular weight excluding hydrogens is 310 g/mol. The zero-order valence-corrected chi connectivity index (χ0v) is 13.6. The molecule has 0 aromatic heterocycles. The van der Waals surface area contributed by atoms with E-state index in [1.165, 1.54) is 18.5 Å². The maximum atomic E-state index is 11.9. The van der Waals surface area contributed by atoms with Crippen molar-refractivity contribution in [2.24, 2.45) is 0 Å². The van der Waals surface area contributed by atoms with Gasteiger partial charge in [0, 0.05) is 35.2 Å². The number of carbonyl (C=O) groups excluding carboxylic acids is 1. The summed E-state index contributed by atoms with van der Waals surface area (Å²) in [5.74, 6) is -0.101. The van der Waals surface area contributed by atoms with Crippen LogP contribution in [0.4, 0.5) is 17.1 Å². The van der Waals surface area contributed by atoms with Crippen LogP contribution >= 0.6 is 11.6 Å². The van der Waals surface area contributed by atoms with Crippen LogP contribution in [0.2, 0.25) is 5.02 Å². The topological polar surface area (TPSA) is 44.4 Å². The summed E-state index contributed by atoms with van der Waals surface area (Å²) in [4.78, 5) is 14.3. The molecule has 5 heteroatoms. The van der Waals surface area contributed by atoms with E-state index in [4.69, 9.17) is 11.6 Å². The molecule has 0 saturated carbocycles. The van der Waals surface area contributed by atoms with Gasteiger partial charge in [-0.1, -0.05) is 17.7 Å². The number of anilines is 3. The van der Waals surface area contributed by atoms with Crippen molar-refractivity contribution in [1.29, 1.82) is 0 Å². The molecule has 2 aromatic rings. The van der Waals surface area contributed by atoms with Gasteiger partial charge in [-0.05, 0) is 55.3 Å². The van der Waals surface area contributed by atoms with Gasteiger partial charge >= 0.3 is 0 Å². The predicted molar refractivity (Wildman–Crippen MR) is 96.5 cm³/mol. The summed E-state index contributed by atoms with van der Waals surface area (Å²) in [6.45, 7) is 2.49. The van der Waals surface area contributed by atoms with Crippen LogP contribution < -0.4 is 15.5 Å². The van der Waals surface area contributed by atoms with Gasteiger partial charge in [0.25, 0.3) is 0 Å². The van der Waals surface area contributed by atoms with Gasteiger partial charge < -0.3 is 15.5 Å². The summed E-state index contributed by atoms with van der Waals surface area (Å²) >= 11 is 5.90. The molecule has 0 spiro atoms. The van der Waals surface area contributed by atoms with Crippen molar-refractivity contribution >= 4 is 34.6 Å². The molecule has 0 aliphatic carbocycles. The van der Waals surface area contributed by atoms with Crippen LogP contribution in [0, 0.1) is 0 Å². The highest BCUT2D eigenvalue weighted by molar-refractivity contribution is 6.30. The van der Waals surface area contributed by atoms with Gasteiger partial charge in [-0.15, -0.1) is 0 Å². The number of carbonyl (C=O) groups is 1. The first-order valence-corrected chi connectivity index (χ1v) is 8.23. The van der Waals surface area contributed by atoms with Crippen LogP contribution in [0.3, 0.4) is 0 Å². The van der Waals surface area contributed by atoms with E-state index in [0.717, 1.165) is 18.8 Å². The lowest BCUT2D eigenvalue weighted by molar-refractivity contribution is -0.114. The predicted octanol–water partition coefficient (Wildman–Crippen LogP) is 3.99. The highest BCUT2D eigenvalue weighted by Crippen LogP contribution is 2.22. The molecule has 120 valence electrons. The Morgan fingerprint density at radius 1 is 1.04 bits per heavy atom. The lowest BCUT2D eigenvalue weighted by atomic mass is 10.2. The summed E-state index contributed by atoms with van der Waals surface area (Å²) in [5, 5.41) is 6.55. The number of nitrogens with zero attached hydrogens (tertiary/aromatic N) is 1. The average molecular weight is 330 g/mol. The van der Waals surface area contributed by atoms with E-state index in [1.807, 2.05) is 24.3 Å². The Labute approximate surface area is 141 Å². The molecule has 0 bridgehead atoms. The first-order valence-electron chi connectivity index (χ1n) is 7.85. The van der Waals surface area contributed by atoms with Crippen molar-refractivity contribution in [3.05, 3.63) is 53.6 Å².